The van der Waals surface area contributed by atoms with Gasteiger partial charge in [-0.3, -0.25) is 4.79 Å². The largest absolute Gasteiger partial charge is 0.393 e. The molecule has 4 nitrogen and oxygen atoms in total. The number of hydrogen-bond donors (Lipinski definition) is 3. The summed E-state index contributed by atoms with van der Waals surface area (Å²) in [6, 6.07) is 9.08. The Morgan fingerprint density at radius 1 is 1.13 bits per heavy atom. The number of benzene rings is 1. The molecular formula is C34H44N2O2. The lowest BCUT2D eigenvalue weighted by Gasteiger charge is -2.52. The number of allylic oxidation sites excluding steroid dienone is 4. The molecule has 0 aromatic heterocycles. The minimum Gasteiger partial charge on any atom is -0.393 e. The van der Waals surface area contributed by atoms with Crippen molar-refractivity contribution in [3.8, 4) is 11.8 Å². The zero-order chi connectivity index (χ0) is 27.4. The van der Waals surface area contributed by atoms with E-state index in [1.807, 2.05) is 6.08 Å². The van der Waals surface area contributed by atoms with E-state index in [-0.39, 0.29) is 17.3 Å². The molecule has 0 saturated heterocycles. The van der Waals surface area contributed by atoms with Crippen LogP contribution in [0.25, 0.3) is 0 Å². The maximum Gasteiger partial charge on any atom is 0.156 e. The molecule has 4 aliphatic carbocycles. The Labute approximate surface area is 229 Å². The molecule has 4 aliphatic rings. The Morgan fingerprint density at radius 3 is 2.58 bits per heavy atom. The van der Waals surface area contributed by atoms with Crippen molar-refractivity contribution in [3.05, 3.63) is 83.7 Å². The first-order valence-electron chi connectivity index (χ1n) is 14.2. The van der Waals surface area contributed by atoms with Crippen LogP contribution in [0, 0.1) is 29.1 Å². The zero-order valence-corrected chi connectivity index (χ0v) is 23.4. The van der Waals surface area contributed by atoms with Crippen molar-refractivity contribution >= 4 is 5.78 Å². The minimum absolute atomic E-state index is 0.0400. The van der Waals surface area contributed by atoms with Gasteiger partial charge in [0.1, 0.15) is 0 Å². The minimum atomic E-state index is -0.223. The van der Waals surface area contributed by atoms with E-state index in [0.717, 1.165) is 49.9 Å². The zero-order valence-electron chi connectivity index (χ0n) is 23.4. The van der Waals surface area contributed by atoms with Crippen molar-refractivity contribution in [2.24, 2.45) is 17.3 Å². The van der Waals surface area contributed by atoms with E-state index in [2.05, 4.69) is 87.2 Å². The molecule has 0 spiro atoms. The molecule has 38 heavy (non-hydrogen) atoms. The van der Waals surface area contributed by atoms with Crippen LogP contribution in [0.4, 0.5) is 0 Å². The van der Waals surface area contributed by atoms with E-state index in [9.17, 15) is 9.90 Å². The van der Waals surface area contributed by atoms with E-state index < -0.39 is 0 Å². The average molecular weight is 513 g/mol. The number of hydrogen-bond acceptors (Lipinski definition) is 4. The maximum atomic E-state index is 12.2. The van der Waals surface area contributed by atoms with Crippen LogP contribution >= 0.6 is 0 Å². The van der Waals surface area contributed by atoms with Crippen molar-refractivity contribution in [3.63, 3.8) is 0 Å². The van der Waals surface area contributed by atoms with Crippen molar-refractivity contribution in [1.82, 2.24) is 10.6 Å². The highest BCUT2D eigenvalue weighted by molar-refractivity contribution is 5.93. The Bertz CT molecular complexity index is 1180. The number of carbonyl (C=O) groups is 1. The van der Waals surface area contributed by atoms with E-state index in [0.29, 0.717) is 36.8 Å². The summed E-state index contributed by atoms with van der Waals surface area (Å²) in [7, 11) is 0. The summed E-state index contributed by atoms with van der Waals surface area (Å²) >= 11 is 0. The maximum absolute atomic E-state index is 12.2. The summed E-state index contributed by atoms with van der Waals surface area (Å²) < 4.78 is 0. The number of ketones is 1. The fraction of sp³-hybridized carbons (Fsp3) is 0.500. The van der Waals surface area contributed by atoms with Gasteiger partial charge in [-0.1, -0.05) is 43.0 Å². The monoisotopic (exact) mass is 512 g/mol. The predicted octanol–water partition coefficient (Wildman–Crippen LogP) is 6.16. The lowest BCUT2D eigenvalue weighted by molar-refractivity contribution is -0.114. The fourth-order valence-corrected chi connectivity index (χ4v) is 7.43. The Kier molecular flexibility index (Phi) is 8.68. The molecule has 1 aromatic rings. The second kappa shape index (κ2) is 11.8. The predicted molar refractivity (Wildman–Crippen MR) is 156 cm³/mol. The highest BCUT2D eigenvalue weighted by Crippen LogP contribution is 2.63. The molecule has 202 valence electrons. The molecule has 2 saturated carbocycles. The number of fused-ring (bicyclic) bond motifs is 4. The van der Waals surface area contributed by atoms with Crippen LogP contribution in [0.15, 0.2) is 72.6 Å². The molecule has 0 aliphatic heterocycles. The van der Waals surface area contributed by atoms with Gasteiger partial charge in [-0.25, -0.2) is 0 Å². The summed E-state index contributed by atoms with van der Waals surface area (Å²) in [5, 5.41) is 17.5. The van der Waals surface area contributed by atoms with Crippen molar-refractivity contribution in [2.75, 3.05) is 6.54 Å². The first-order valence-corrected chi connectivity index (χ1v) is 14.2. The first-order chi connectivity index (χ1) is 18.3. The second-order valence-corrected chi connectivity index (χ2v) is 11.7. The highest BCUT2D eigenvalue weighted by atomic mass is 16.3. The molecule has 1 aromatic carbocycles. The molecule has 2 fully saturated rings. The molecule has 5 unspecified atom stereocenters. The van der Waals surface area contributed by atoms with Crippen LogP contribution in [-0.4, -0.2) is 29.6 Å². The fourth-order valence-electron chi connectivity index (χ4n) is 7.43. The molecule has 5 rings (SSSR count). The molecule has 0 heterocycles. The lowest BCUT2D eigenvalue weighted by Crippen LogP contribution is -2.45. The van der Waals surface area contributed by atoms with Gasteiger partial charge in [0.25, 0.3) is 0 Å². The van der Waals surface area contributed by atoms with E-state index in [1.165, 1.54) is 16.7 Å². The number of aliphatic hydroxyl groups is 1. The van der Waals surface area contributed by atoms with Crippen LogP contribution in [0.5, 0.6) is 0 Å². The number of rotatable bonds is 5. The molecule has 5 atom stereocenters. The Hall–Kier alpha value is -3.03. The van der Waals surface area contributed by atoms with Crippen LogP contribution in [-0.2, 0) is 4.79 Å². The second-order valence-electron chi connectivity index (χ2n) is 11.7. The summed E-state index contributed by atoms with van der Waals surface area (Å²) in [6.07, 6.45) is 8.34. The van der Waals surface area contributed by atoms with Gasteiger partial charge in [0, 0.05) is 23.9 Å². The summed E-state index contributed by atoms with van der Waals surface area (Å²) in [5.41, 5.74) is 6.61. The topological polar surface area (TPSA) is 61.4 Å². The SMILES string of the molecule is C=C.C=C(NCC#Cc1ccc(C2CC3(C)C(O)CCC3C3CCC4=CC(=O)CCC4=C23)cc1)NC(C)C. The van der Waals surface area contributed by atoms with Gasteiger partial charge in [-0.2, -0.15) is 0 Å². The van der Waals surface area contributed by atoms with Gasteiger partial charge in [-0.15, -0.1) is 13.2 Å². The van der Waals surface area contributed by atoms with E-state index in [1.54, 1.807) is 5.57 Å². The normalized spacial score (nSPS) is 29.5. The lowest BCUT2D eigenvalue weighted by atomic mass is 9.53. The number of nitrogens with one attached hydrogen (secondary N) is 2. The summed E-state index contributed by atoms with van der Waals surface area (Å²) in [5.74, 6) is 8.88. The highest BCUT2D eigenvalue weighted by Gasteiger charge is 2.56. The van der Waals surface area contributed by atoms with Crippen molar-refractivity contribution < 1.29 is 9.90 Å². The third kappa shape index (κ3) is 5.54. The van der Waals surface area contributed by atoms with Gasteiger partial charge in [0.05, 0.1) is 18.5 Å². The van der Waals surface area contributed by atoms with E-state index in [4.69, 9.17) is 0 Å². The molecular weight excluding hydrogens is 468 g/mol. The third-order valence-corrected chi connectivity index (χ3v) is 9.08. The quantitative estimate of drug-likeness (QED) is 0.327. The van der Waals surface area contributed by atoms with Gasteiger partial charge in [0.2, 0.25) is 0 Å². The van der Waals surface area contributed by atoms with Gasteiger partial charge < -0.3 is 15.7 Å². The molecule has 0 amide bonds. The molecule has 0 radical (unpaired) electrons. The third-order valence-electron chi connectivity index (χ3n) is 9.08. The average Bonchev–Trinajstić information content (AvgIpc) is 3.21. The molecule has 3 N–H and O–H groups in total. The molecule has 0 bridgehead atoms. The van der Waals surface area contributed by atoms with Gasteiger partial charge in [0.15, 0.2) is 5.78 Å². The van der Waals surface area contributed by atoms with Crippen LogP contribution in [0.1, 0.15) is 82.8 Å². The number of carbonyl (C=O) groups excluding carboxylic acids is 1. The van der Waals surface area contributed by atoms with Crippen LogP contribution in [0.2, 0.25) is 0 Å². The van der Waals surface area contributed by atoms with E-state index >= 15 is 0 Å². The summed E-state index contributed by atoms with van der Waals surface area (Å²) in [4.78, 5) is 12.2. The van der Waals surface area contributed by atoms with Crippen LogP contribution < -0.4 is 10.6 Å². The van der Waals surface area contributed by atoms with Gasteiger partial charge >= 0.3 is 0 Å². The first kappa shape index (κ1) is 28.0. The summed E-state index contributed by atoms with van der Waals surface area (Å²) in [6.45, 7) is 17.0. The van der Waals surface area contributed by atoms with Gasteiger partial charge in [-0.05, 0) is 105 Å². The Morgan fingerprint density at radius 2 is 1.87 bits per heavy atom. The Balaban J connectivity index is 0.00000164. The van der Waals surface area contributed by atoms with Crippen LogP contribution in [0.3, 0.4) is 0 Å². The van der Waals surface area contributed by atoms with Crippen molar-refractivity contribution in [2.45, 2.75) is 83.8 Å². The number of aliphatic hydroxyl groups excluding tert-OH is 1. The smallest absolute Gasteiger partial charge is 0.156 e. The van der Waals surface area contributed by atoms with Crippen molar-refractivity contribution in [1.29, 1.82) is 0 Å². The standard InChI is InChI=1S/C32H40N2O2.C2H4/c1-20(2)34-21(3)33-17-5-6-22-7-9-23(10-8-22)28-19-32(4)29(15-16-30(32)36)27-13-11-24-18-25(35)12-14-26(24)31(27)28;1-2/h7-10,18,20,27-30,33-34,36H,3,11-17,19H2,1-2,4H3;1-2H2. The molecule has 4 heteroatoms.